The second-order valence-electron chi connectivity index (χ2n) is 7.80. The maximum absolute atomic E-state index is 12.9. The summed E-state index contributed by atoms with van der Waals surface area (Å²) in [6.07, 6.45) is 1.72. The van der Waals surface area contributed by atoms with E-state index in [0.717, 1.165) is 27.6 Å². The lowest BCUT2D eigenvalue weighted by Crippen LogP contribution is -2.23. The molecule has 5 heteroatoms. The Labute approximate surface area is 187 Å². The van der Waals surface area contributed by atoms with Crippen molar-refractivity contribution in [1.29, 1.82) is 0 Å². The molecule has 0 aliphatic rings. The van der Waals surface area contributed by atoms with E-state index in [0.29, 0.717) is 29.2 Å². The van der Waals surface area contributed by atoms with Crippen molar-refractivity contribution in [2.75, 3.05) is 0 Å². The number of carbonyl (C=O) groups is 2. The van der Waals surface area contributed by atoms with Gasteiger partial charge in [0.05, 0.1) is 5.52 Å². The van der Waals surface area contributed by atoms with Crippen LogP contribution in [0.2, 0.25) is 0 Å². The van der Waals surface area contributed by atoms with Crippen molar-refractivity contribution >= 4 is 22.6 Å². The maximum Gasteiger partial charge on any atom is 0.251 e. The zero-order valence-electron chi connectivity index (χ0n) is 18.3. The highest BCUT2D eigenvalue weighted by atomic mass is 16.5. The summed E-state index contributed by atoms with van der Waals surface area (Å²) in [5.74, 6) is 1.11. The van der Waals surface area contributed by atoms with Crippen LogP contribution in [0.1, 0.15) is 44.3 Å². The fourth-order valence-corrected chi connectivity index (χ4v) is 3.59. The predicted octanol–water partition coefficient (Wildman–Crippen LogP) is 5.78. The summed E-state index contributed by atoms with van der Waals surface area (Å²) in [6.45, 7) is 5.75. The van der Waals surface area contributed by atoms with Crippen LogP contribution < -0.4 is 10.1 Å². The van der Waals surface area contributed by atoms with Crippen LogP contribution in [-0.4, -0.2) is 16.7 Å². The van der Waals surface area contributed by atoms with Gasteiger partial charge in [-0.2, -0.15) is 0 Å². The Morgan fingerprint density at radius 3 is 2.56 bits per heavy atom. The first kappa shape index (κ1) is 21.2. The third kappa shape index (κ3) is 4.52. The number of ether oxygens (including phenoxy) is 1. The summed E-state index contributed by atoms with van der Waals surface area (Å²) in [5, 5.41) is 3.85. The number of aromatic nitrogens is 1. The number of aryl methyl sites for hydroxylation is 1. The Morgan fingerprint density at radius 1 is 0.938 bits per heavy atom. The molecule has 1 heterocycles. The van der Waals surface area contributed by atoms with E-state index in [-0.39, 0.29) is 11.7 Å². The topological polar surface area (TPSA) is 68.3 Å². The van der Waals surface area contributed by atoms with E-state index >= 15 is 0 Å². The number of Topliss-reactive ketones (excluding diaryl/α,β-unsaturated/α-hetero) is 1. The number of hydrogen-bond acceptors (Lipinski definition) is 4. The smallest absolute Gasteiger partial charge is 0.251 e. The fraction of sp³-hybridized carbons (Fsp3) is 0.148. The Morgan fingerprint density at radius 2 is 1.75 bits per heavy atom. The van der Waals surface area contributed by atoms with Gasteiger partial charge in [0.2, 0.25) is 0 Å². The number of benzene rings is 3. The van der Waals surface area contributed by atoms with E-state index in [9.17, 15) is 9.59 Å². The van der Waals surface area contributed by atoms with Crippen molar-refractivity contribution in [2.45, 2.75) is 27.3 Å². The van der Waals surface area contributed by atoms with Gasteiger partial charge < -0.3 is 10.1 Å². The average molecular weight is 425 g/mol. The van der Waals surface area contributed by atoms with Gasteiger partial charge in [0.25, 0.3) is 5.91 Å². The summed E-state index contributed by atoms with van der Waals surface area (Å²) >= 11 is 0. The zero-order valence-corrected chi connectivity index (χ0v) is 18.3. The summed E-state index contributed by atoms with van der Waals surface area (Å²) in [7, 11) is 0. The van der Waals surface area contributed by atoms with Gasteiger partial charge in [-0.25, -0.2) is 0 Å². The molecule has 0 spiro atoms. The van der Waals surface area contributed by atoms with E-state index in [1.807, 2.05) is 56.3 Å². The standard InChI is InChI=1S/C27H24N2O3/c1-17-10-11-23-24(14-17)28-13-12-26(23)32-25-9-5-8-22(18(25)2)27(31)29-16-20-6-4-7-21(15-20)19(3)30/h4-15H,16H2,1-3H3,(H,29,31). The number of ketones is 1. The van der Waals surface area contributed by atoms with Crippen molar-refractivity contribution < 1.29 is 14.3 Å². The van der Waals surface area contributed by atoms with Crippen molar-refractivity contribution in [2.24, 2.45) is 0 Å². The molecule has 3 aromatic carbocycles. The van der Waals surface area contributed by atoms with Crippen LogP contribution in [0.4, 0.5) is 0 Å². The van der Waals surface area contributed by atoms with Gasteiger partial charge >= 0.3 is 0 Å². The van der Waals surface area contributed by atoms with Crippen LogP contribution >= 0.6 is 0 Å². The molecular formula is C27H24N2O3. The number of nitrogens with one attached hydrogen (secondary N) is 1. The van der Waals surface area contributed by atoms with E-state index < -0.39 is 0 Å². The molecule has 1 aromatic heterocycles. The van der Waals surface area contributed by atoms with Gasteiger partial charge in [0.1, 0.15) is 11.5 Å². The van der Waals surface area contributed by atoms with Crippen LogP contribution in [-0.2, 0) is 6.54 Å². The molecule has 1 amide bonds. The SMILES string of the molecule is CC(=O)c1cccc(CNC(=O)c2cccc(Oc3ccnc4cc(C)ccc34)c2C)c1. The first-order valence-electron chi connectivity index (χ1n) is 10.4. The van der Waals surface area contributed by atoms with Crippen LogP contribution in [0.5, 0.6) is 11.5 Å². The molecule has 4 rings (SSSR count). The van der Waals surface area contributed by atoms with E-state index in [2.05, 4.69) is 10.3 Å². The molecule has 0 saturated heterocycles. The molecular weight excluding hydrogens is 400 g/mol. The molecule has 0 fully saturated rings. The fourth-order valence-electron chi connectivity index (χ4n) is 3.59. The van der Waals surface area contributed by atoms with E-state index in [1.165, 1.54) is 6.92 Å². The van der Waals surface area contributed by atoms with Gasteiger partial charge in [0, 0.05) is 34.8 Å². The molecule has 4 aromatic rings. The zero-order chi connectivity index (χ0) is 22.7. The summed E-state index contributed by atoms with van der Waals surface area (Å²) in [6, 6.07) is 20.6. The van der Waals surface area contributed by atoms with Crippen LogP contribution in [0, 0.1) is 13.8 Å². The molecule has 0 radical (unpaired) electrons. The molecule has 0 atom stereocenters. The lowest BCUT2D eigenvalue weighted by Gasteiger charge is -2.14. The molecule has 0 bridgehead atoms. The normalized spacial score (nSPS) is 10.7. The maximum atomic E-state index is 12.9. The second kappa shape index (κ2) is 9.02. The highest BCUT2D eigenvalue weighted by Gasteiger charge is 2.14. The van der Waals surface area contributed by atoms with Crippen LogP contribution in [0.3, 0.4) is 0 Å². The lowest BCUT2D eigenvalue weighted by molar-refractivity contribution is 0.0949. The quantitative estimate of drug-likeness (QED) is 0.399. The Hall–Kier alpha value is -3.99. The number of carbonyl (C=O) groups excluding carboxylic acids is 2. The molecule has 5 nitrogen and oxygen atoms in total. The van der Waals surface area contributed by atoms with Gasteiger partial charge in [-0.15, -0.1) is 0 Å². The third-order valence-corrected chi connectivity index (χ3v) is 5.39. The monoisotopic (exact) mass is 424 g/mol. The van der Waals surface area contributed by atoms with Crippen molar-refractivity contribution in [3.05, 3.63) is 101 Å². The first-order valence-corrected chi connectivity index (χ1v) is 10.4. The number of nitrogens with zero attached hydrogens (tertiary/aromatic N) is 1. The number of pyridine rings is 1. The average Bonchev–Trinajstić information content (AvgIpc) is 2.79. The Bertz CT molecular complexity index is 1330. The predicted molar refractivity (Wildman–Crippen MR) is 125 cm³/mol. The van der Waals surface area contributed by atoms with Crippen LogP contribution in [0.25, 0.3) is 10.9 Å². The highest BCUT2D eigenvalue weighted by molar-refractivity contribution is 5.96. The first-order chi connectivity index (χ1) is 15.4. The molecule has 0 aliphatic heterocycles. The number of rotatable bonds is 6. The number of fused-ring (bicyclic) bond motifs is 1. The highest BCUT2D eigenvalue weighted by Crippen LogP contribution is 2.32. The summed E-state index contributed by atoms with van der Waals surface area (Å²) in [5.41, 5.74) is 4.78. The van der Waals surface area contributed by atoms with Gasteiger partial charge in [-0.05, 0) is 68.3 Å². The largest absolute Gasteiger partial charge is 0.456 e. The minimum absolute atomic E-state index is 0.00216. The minimum Gasteiger partial charge on any atom is -0.456 e. The van der Waals surface area contributed by atoms with E-state index in [4.69, 9.17) is 4.74 Å². The summed E-state index contributed by atoms with van der Waals surface area (Å²) < 4.78 is 6.20. The van der Waals surface area contributed by atoms with Gasteiger partial charge in [-0.1, -0.05) is 30.3 Å². The lowest BCUT2D eigenvalue weighted by atomic mass is 10.1. The molecule has 0 saturated carbocycles. The van der Waals surface area contributed by atoms with Crippen molar-refractivity contribution in [1.82, 2.24) is 10.3 Å². The number of hydrogen-bond donors (Lipinski definition) is 1. The van der Waals surface area contributed by atoms with Crippen molar-refractivity contribution in [3.8, 4) is 11.5 Å². The molecule has 32 heavy (non-hydrogen) atoms. The van der Waals surface area contributed by atoms with E-state index in [1.54, 1.807) is 30.5 Å². The number of amides is 1. The Balaban J connectivity index is 1.54. The van der Waals surface area contributed by atoms with Gasteiger partial charge in [-0.3, -0.25) is 14.6 Å². The second-order valence-corrected chi connectivity index (χ2v) is 7.80. The third-order valence-electron chi connectivity index (χ3n) is 5.39. The summed E-state index contributed by atoms with van der Waals surface area (Å²) in [4.78, 5) is 28.9. The molecule has 160 valence electrons. The van der Waals surface area contributed by atoms with Crippen LogP contribution in [0.15, 0.2) is 72.9 Å². The molecule has 0 unspecified atom stereocenters. The van der Waals surface area contributed by atoms with Gasteiger partial charge in [0.15, 0.2) is 5.78 Å². The van der Waals surface area contributed by atoms with Crippen molar-refractivity contribution in [3.63, 3.8) is 0 Å². The molecule has 0 aliphatic carbocycles. The Kier molecular flexibility index (Phi) is 5.99. The molecule has 1 N–H and O–H groups in total. The minimum atomic E-state index is -0.198.